The molecular weight excluding hydrogens is 474 g/mol. The van der Waals surface area contributed by atoms with Crippen molar-refractivity contribution in [1.29, 1.82) is 0 Å². The van der Waals surface area contributed by atoms with Gasteiger partial charge in [0, 0.05) is 27.5 Å². The van der Waals surface area contributed by atoms with Gasteiger partial charge in [-0.05, 0) is 56.2 Å². The van der Waals surface area contributed by atoms with Crippen LogP contribution in [-0.4, -0.2) is 18.2 Å². The number of aryl methyl sites for hydroxylation is 1. The molecule has 0 aliphatic carbocycles. The predicted octanol–water partition coefficient (Wildman–Crippen LogP) is 6.14. The van der Waals surface area contributed by atoms with Crippen molar-refractivity contribution in [1.82, 2.24) is 3.97 Å². The number of carbonyl (C=O) groups excluding carboxylic acids is 1. The number of aromatic nitrogens is 1. The highest BCUT2D eigenvalue weighted by Crippen LogP contribution is 2.39. The van der Waals surface area contributed by atoms with E-state index >= 15 is 0 Å². The van der Waals surface area contributed by atoms with Crippen molar-refractivity contribution >= 4 is 42.6 Å². The molecule has 1 aromatic heterocycles. The first-order chi connectivity index (χ1) is 14.8. The largest absolute Gasteiger partial charge is 0.300 e. The molecule has 0 amide bonds. The number of hydrogen-bond donors (Lipinski definition) is 0. The van der Waals surface area contributed by atoms with E-state index in [0.29, 0.717) is 17.6 Å². The molecule has 0 radical (unpaired) electrons. The minimum Gasteiger partial charge on any atom is -0.300 e. The van der Waals surface area contributed by atoms with E-state index in [4.69, 9.17) is 0 Å². The number of ketones is 1. The van der Waals surface area contributed by atoms with Crippen LogP contribution in [0, 0.1) is 6.92 Å². The number of Topliss-reactive ketones (excluding diaryl/α,β-unsaturated/α-hetero) is 1. The molecule has 158 valence electrons. The summed E-state index contributed by atoms with van der Waals surface area (Å²) in [6, 6.07) is 22.2. The summed E-state index contributed by atoms with van der Waals surface area (Å²) in [5, 5.41) is 0.829. The van der Waals surface area contributed by atoms with E-state index in [2.05, 4.69) is 15.9 Å². The van der Waals surface area contributed by atoms with E-state index < -0.39 is 10.0 Å². The molecule has 0 bridgehead atoms. The Labute approximate surface area is 190 Å². The van der Waals surface area contributed by atoms with Crippen LogP contribution < -0.4 is 0 Å². The number of hydrogen-bond acceptors (Lipinski definition) is 3. The number of halogens is 1. The molecular formula is C25H22BrNO3S. The molecule has 0 spiro atoms. The Kier molecular flexibility index (Phi) is 5.86. The lowest BCUT2D eigenvalue weighted by molar-refractivity contribution is -0.117. The van der Waals surface area contributed by atoms with Gasteiger partial charge in [-0.25, -0.2) is 12.4 Å². The molecule has 31 heavy (non-hydrogen) atoms. The first kappa shape index (κ1) is 21.5. The van der Waals surface area contributed by atoms with E-state index in [1.807, 2.05) is 55.5 Å². The van der Waals surface area contributed by atoms with Gasteiger partial charge in [0.25, 0.3) is 10.0 Å². The molecule has 0 saturated carbocycles. The normalized spacial score (nSPS) is 11.7. The van der Waals surface area contributed by atoms with Crippen LogP contribution in [0.25, 0.3) is 22.0 Å². The Morgan fingerprint density at radius 2 is 1.65 bits per heavy atom. The molecule has 1 heterocycles. The predicted molar refractivity (Wildman–Crippen MR) is 128 cm³/mol. The third-order valence-electron chi connectivity index (χ3n) is 5.32. The minimum absolute atomic E-state index is 0.0183. The van der Waals surface area contributed by atoms with Crippen LogP contribution in [-0.2, 0) is 21.2 Å². The van der Waals surface area contributed by atoms with Gasteiger partial charge in [0.05, 0.1) is 10.4 Å². The third-order valence-corrected chi connectivity index (χ3v) is 7.57. The topological polar surface area (TPSA) is 56.1 Å². The minimum atomic E-state index is -3.87. The van der Waals surface area contributed by atoms with Crippen molar-refractivity contribution in [3.8, 4) is 11.1 Å². The van der Waals surface area contributed by atoms with Crippen LogP contribution in [0.3, 0.4) is 0 Å². The van der Waals surface area contributed by atoms with Crippen molar-refractivity contribution in [2.45, 2.75) is 31.6 Å². The van der Waals surface area contributed by atoms with E-state index in [1.165, 1.54) is 10.9 Å². The fourth-order valence-electron chi connectivity index (χ4n) is 3.83. The Morgan fingerprint density at radius 3 is 2.29 bits per heavy atom. The highest BCUT2D eigenvalue weighted by atomic mass is 79.9. The monoisotopic (exact) mass is 495 g/mol. The SMILES string of the molecule is CC(=O)CCc1c(-c2ccccc2)c2cc(Br)ccc2n1S(=O)(=O)c1ccc(C)cc1. The molecule has 0 N–H and O–H groups in total. The number of rotatable bonds is 6. The lowest BCUT2D eigenvalue weighted by Crippen LogP contribution is -2.16. The smallest absolute Gasteiger partial charge is 0.268 e. The Hall–Kier alpha value is -2.70. The van der Waals surface area contributed by atoms with E-state index in [9.17, 15) is 13.2 Å². The Bertz CT molecular complexity index is 1370. The van der Waals surface area contributed by atoms with Gasteiger partial charge in [0.15, 0.2) is 0 Å². The maximum absolute atomic E-state index is 13.8. The molecule has 0 aliphatic heterocycles. The quantitative estimate of drug-likeness (QED) is 0.322. The van der Waals surface area contributed by atoms with Crippen molar-refractivity contribution in [3.05, 3.63) is 88.5 Å². The molecule has 4 aromatic rings. The van der Waals surface area contributed by atoms with Gasteiger partial charge in [-0.2, -0.15) is 0 Å². The average Bonchev–Trinajstić information content (AvgIpc) is 3.07. The van der Waals surface area contributed by atoms with Gasteiger partial charge in [-0.1, -0.05) is 64.0 Å². The molecule has 4 rings (SSSR count). The molecule has 0 fully saturated rings. The van der Waals surface area contributed by atoms with Crippen LogP contribution in [0.4, 0.5) is 0 Å². The van der Waals surface area contributed by atoms with E-state index in [0.717, 1.165) is 26.5 Å². The van der Waals surface area contributed by atoms with Crippen molar-refractivity contribution in [3.63, 3.8) is 0 Å². The third kappa shape index (κ3) is 4.10. The second-order valence-electron chi connectivity index (χ2n) is 7.63. The molecule has 3 aromatic carbocycles. The van der Waals surface area contributed by atoms with Crippen LogP contribution in [0.1, 0.15) is 24.6 Å². The molecule has 0 saturated heterocycles. The fourth-order valence-corrected chi connectivity index (χ4v) is 5.77. The maximum atomic E-state index is 13.8. The Morgan fingerprint density at radius 1 is 0.968 bits per heavy atom. The van der Waals surface area contributed by atoms with Gasteiger partial charge in [-0.3, -0.25) is 0 Å². The van der Waals surface area contributed by atoms with Crippen LogP contribution in [0.15, 0.2) is 82.2 Å². The van der Waals surface area contributed by atoms with Gasteiger partial charge < -0.3 is 4.79 Å². The molecule has 0 atom stereocenters. The second-order valence-corrected chi connectivity index (χ2v) is 10.3. The molecule has 6 heteroatoms. The van der Waals surface area contributed by atoms with Gasteiger partial charge in [0.1, 0.15) is 5.78 Å². The van der Waals surface area contributed by atoms with E-state index in [-0.39, 0.29) is 17.1 Å². The fraction of sp³-hybridized carbons (Fsp3) is 0.160. The number of nitrogens with zero attached hydrogens (tertiary/aromatic N) is 1. The average molecular weight is 496 g/mol. The first-order valence-electron chi connectivity index (χ1n) is 9.99. The van der Waals surface area contributed by atoms with Crippen LogP contribution in [0.2, 0.25) is 0 Å². The number of carbonyl (C=O) groups is 1. The summed E-state index contributed by atoms with van der Waals surface area (Å²) in [5.74, 6) is 0.0183. The zero-order chi connectivity index (χ0) is 22.2. The molecule has 0 aliphatic rings. The van der Waals surface area contributed by atoms with Crippen molar-refractivity contribution in [2.24, 2.45) is 0 Å². The van der Waals surface area contributed by atoms with Gasteiger partial charge >= 0.3 is 0 Å². The highest BCUT2D eigenvalue weighted by molar-refractivity contribution is 9.10. The first-order valence-corrected chi connectivity index (χ1v) is 12.2. The summed E-state index contributed by atoms with van der Waals surface area (Å²) >= 11 is 3.53. The van der Waals surface area contributed by atoms with Crippen LogP contribution >= 0.6 is 15.9 Å². The molecule has 4 nitrogen and oxygen atoms in total. The lowest BCUT2D eigenvalue weighted by Gasteiger charge is -2.13. The van der Waals surface area contributed by atoms with Gasteiger partial charge in [0.2, 0.25) is 0 Å². The van der Waals surface area contributed by atoms with Crippen molar-refractivity contribution in [2.75, 3.05) is 0 Å². The summed E-state index contributed by atoms with van der Waals surface area (Å²) in [6.45, 7) is 3.45. The molecule has 0 unspecified atom stereocenters. The summed E-state index contributed by atoms with van der Waals surface area (Å²) < 4.78 is 29.9. The number of fused-ring (bicyclic) bond motifs is 1. The summed E-state index contributed by atoms with van der Waals surface area (Å²) in [6.07, 6.45) is 0.595. The Balaban J connectivity index is 2.10. The summed E-state index contributed by atoms with van der Waals surface area (Å²) in [7, 11) is -3.87. The summed E-state index contributed by atoms with van der Waals surface area (Å²) in [5.41, 5.74) is 3.97. The second kappa shape index (κ2) is 8.44. The van der Waals surface area contributed by atoms with Gasteiger partial charge in [-0.15, -0.1) is 0 Å². The lowest BCUT2D eigenvalue weighted by atomic mass is 9.99. The highest BCUT2D eigenvalue weighted by Gasteiger charge is 2.27. The number of benzene rings is 3. The maximum Gasteiger partial charge on any atom is 0.268 e. The zero-order valence-electron chi connectivity index (χ0n) is 17.3. The standard InChI is InChI=1S/C25H22BrNO3S/c1-17-8-12-21(13-9-17)31(29,30)27-23-15-11-20(26)16-22(23)25(19-6-4-3-5-7-19)24(27)14-10-18(2)28/h3-9,11-13,15-16H,10,14H2,1-2H3. The van der Waals surface area contributed by atoms with Crippen molar-refractivity contribution < 1.29 is 13.2 Å². The van der Waals surface area contributed by atoms with E-state index in [1.54, 1.807) is 24.3 Å². The van der Waals surface area contributed by atoms with Crippen LogP contribution in [0.5, 0.6) is 0 Å². The summed E-state index contributed by atoms with van der Waals surface area (Å²) in [4.78, 5) is 12.1. The zero-order valence-corrected chi connectivity index (χ0v) is 19.7.